The molecule has 1 aliphatic rings. The van der Waals surface area contributed by atoms with Crippen molar-refractivity contribution < 1.29 is 9.53 Å². The second kappa shape index (κ2) is 7.75. The number of hydrogen-bond donors (Lipinski definition) is 0. The summed E-state index contributed by atoms with van der Waals surface area (Å²) in [6.45, 7) is 3.33. The molecular weight excluding hydrogens is 380 g/mol. The normalized spacial score (nSPS) is 21.3. The summed E-state index contributed by atoms with van der Waals surface area (Å²) in [5.74, 6) is 0.769. The second-order valence-corrected chi connectivity index (χ2v) is 7.87. The molecule has 0 aromatic heterocycles. The molecule has 25 heavy (non-hydrogen) atoms. The molecule has 2 aromatic rings. The van der Waals surface area contributed by atoms with Gasteiger partial charge in [0.2, 0.25) is 0 Å². The molecule has 4 nitrogen and oxygen atoms in total. The van der Waals surface area contributed by atoms with Crippen LogP contribution in [0.2, 0.25) is 0 Å². The standard InChI is InChI=1S/C20H25BrN2O2/c1-14-10-18(8-9-22(14)2)23(3)20(24)13-25-19-7-5-15-11-17(21)6-4-16(15)12-19/h4-7,11-12,14,18H,8-10,13H2,1-3H3/t14-,18+/m0/s1. The van der Waals surface area contributed by atoms with Crippen LogP contribution >= 0.6 is 15.9 Å². The minimum atomic E-state index is 0.0395. The van der Waals surface area contributed by atoms with Crippen LogP contribution in [0.4, 0.5) is 0 Å². The summed E-state index contributed by atoms with van der Waals surface area (Å²) >= 11 is 3.48. The number of fused-ring (bicyclic) bond motifs is 1. The van der Waals surface area contributed by atoms with Crippen LogP contribution in [-0.4, -0.2) is 55.0 Å². The first-order chi connectivity index (χ1) is 11.9. The smallest absolute Gasteiger partial charge is 0.260 e. The van der Waals surface area contributed by atoms with Gasteiger partial charge in [-0.2, -0.15) is 0 Å². The molecule has 0 radical (unpaired) electrons. The number of rotatable bonds is 4. The number of carbonyl (C=O) groups excluding carboxylic acids is 1. The van der Waals surface area contributed by atoms with E-state index >= 15 is 0 Å². The maximum atomic E-state index is 12.5. The average molecular weight is 405 g/mol. The highest BCUT2D eigenvalue weighted by Gasteiger charge is 2.28. The molecule has 1 fully saturated rings. The summed E-state index contributed by atoms with van der Waals surface area (Å²) in [4.78, 5) is 16.7. The van der Waals surface area contributed by atoms with Gasteiger partial charge < -0.3 is 14.5 Å². The number of carbonyl (C=O) groups is 1. The first kappa shape index (κ1) is 18.2. The highest BCUT2D eigenvalue weighted by molar-refractivity contribution is 9.10. The van der Waals surface area contributed by atoms with Gasteiger partial charge in [-0.1, -0.05) is 28.1 Å². The lowest BCUT2D eigenvalue weighted by Crippen LogP contribution is -2.49. The lowest BCUT2D eigenvalue weighted by Gasteiger charge is -2.39. The Hall–Kier alpha value is -1.59. The lowest BCUT2D eigenvalue weighted by atomic mass is 9.98. The first-order valence-corrected chi connectivity index (χ1v) is 9.51. The summed E-state index contributed by atoms with van der Waals surface area (Å²) in [5.41, 5.74) is 0. The first-order valence-electron chi connectivity index (χ1n) is 8.72. The second-order valence-electron chi connectivity index (χ2n) is 6.95. The number of amides is 1. The van der Waals surface area contributed by atoms with E-state index in [0.717, 1.165) is 40.4 Å². The van der Waals surface area contributed by atoms with Gasteiger partial charge in [0, 0.05) is 30.1 Å². The van der Waals surface area contributed by atoms with Crippen LogP contribution in [0.5, 0.6) is 5.75 Å². The molecule has 3 rings (SSSR count). The third-order valence-corrected chi connectivity index (χ3v) is 5.75. The van der Waals surface area contributed by atoms with Crippen molar-refractivity contribution in [1.82, 2.24) is 9.80 Å². The Kier molecular flexibility index (Phi) is 5.64. The van der Waals surface area contributed by atoms with E-state index in [4.69, 9.17) is 4.74 Å². The highest BCUT2D eigenvalue weighted by Crippen LogP contribution is 2.24. The number of hydrogen-bond acceptors (Lipinski definition) is 3. The van der Waals surface area contributed by atoms with E-state index in [1.54, 1.807) is 0 Å². The predicted molar refractivity (Wildman–Crippen MR) is 105 cm³/mol. The maximum absolute atomic E-state index is 12.5. The minimum absolute atomic E-state index is 0.0395. The van der Waals surface area contributed by atoms with Crippen LogP contribution in [0.3, 0.4) is 0 Å². The molecular formula is C20H25BrN2O2. The van der Waals surface area contributed by atoms with E-state index in [-0.39, 0.29) is 12.5 Å². The number of nitrogens with zero attached hydrogens (tertiary/aromatic N) is 2. The summed E-state index contributed by atoms with van der Waals surface area (Å²) < 4.78 is 6.81. The van der Waals surface area contributed by atoms with E-state index in [0.29, 0.717) is 12.1 Å². The van der Waals surface area contributed by atoms with Gasteiger partial charge in [-0.3, -0.25) is 4.79 Å². The van der Waals surface area contributed by atoms with Gasteiger partial charge in [0.1, 0.15) is 5.75 Å². The molecule has 2 aromatic carbocycles. The SMILES string of the molecule is C[C@H]1C[C@H](N(C)C(=O)COc2ccc3cc(Br)ccc3c2)CCN1C. The fraction of sp³-hybridized carbons (Fsp3) is 0.450. The summed E-state index contributed by atoms with van der Waals surface area (Å²) in [6, 6.07) is 12.8. The van der Waals surface area contributed by atoms with Gasteiger partial charge in [0.25, 0.3) is 5.91 Å². The van der Waals surface area contributed by atoms with E-state index in [1.807, 2.05) is 42.3 Å². The molecule has 1 aliphatic heterocycles. The quantitative estimate of drug-likeness (QED) is 0.773. The van der Waals surface area contributed by atoms with E-state index in [1.165, 1.54) is 0 Å². The zero-order valence-electron chi connectivity index (χ0n) is 15.0. The van der Waals surface area contributed by atoms with Crippen LogP contribution in [-0.2, 0) is 4.79 Å². The number of benzene rings is 2. The van der Waals surface area contributed by atoms with Crippen LogP contribution in [0.1, 0.15) is 19.8 Å². The van der Waals surface area contributed by atoms with Gasteiger partial charge in [-0.05, 0) is 61.9 Å². The zero-order chi connectivity index (χ0) is 18.0. The van der Waals surface area contributed by atoms with Gasteiger partial charge in [0.15, 0.2) is 6.61 Å². The van der Waals surface area contributed by atoms with Gasteiger partial charge >= 0.3 is 0 Å². The Bertz CT molecular complexity index is 764. The lowest BCUT2D eigenvalue weighted by molar-refractivity contribution is -0.135. The van der Waals surface area contributed by atoms with Crippen molar-refractivity contribution in [3.8, 4) is 5.75 Å². The molecule has 1 amide bonds. The van der Waals surface area contributed by atoms with Crippen LogP contribution < -0.4 is 4.74 Å². The Morgan fingerprint density at radius 2 is 2.00 bits per heavy atom. The Morgan fingerprint density at radius 3 is 2.76 bits per heavy atom. The predicted octanol–water partition coefficient (Wildman–Crippen LogP) is 3.92. The molecule has 0 saturated carbocycles. The summed E-state index contributed by atoms with van der Waals surface area (Å²) in [5, 5.41) is 2.25. The Morgan fingerprint density at radius 1 is 1.28 bits per heavy atom. The number of piperidine rings is 1. The number of ether oxygens (including phenoxy) is 1. The fourth-order valence-corrected chi connectivity index (χ4v) is 3.73. The number of halogens is 1. The molecule has 1 heterocycles. The van der Waals surface area contributed by atoms with Crippen LogP contribution in [0.25, 0.3) is 10.8 Å². The zero-order valence-corrected chi connectivity index (χ0v) is 16.6. The van der Waals surface area contributed by atoms with E-state index < -0.39 is 0 Å². The molecule has 0 spiro atoms. The molecule has 0 unspecified atom stereocenters. The highest BCUT2D eigenvalue weighted by atomic mass is 79.9. The van der Waals surface area contributed by atoms with Crippen LogP contribution in [0, 0.1) is 0 Å². The van der Waals surface area contributed by atoms with Crippen LogP contribution in [0.15, 0.2) is 40.9 Å². The van der Waals surface area contributed by atoms with Gasteiger partial charge in [-0.25, -0.2) is 0 Å². The monoisotopic (exact) mass is 404 g/mol. The van der Waals surface area contributed by atoms with Crippen molar-refractivity contribution in [1.29, 1.82) is 0 Å². The van der Waals surface area contributed by atoms with Crippen molar-refractivity contribution in [3.63, 3.8) is 0 Å². The average Bonchev–Trinajstić information content (AvgIpc) is 2.61. The molecule has 2 atom stereocenters. The van der Waals surface area contributed by atoms with E-state index in [2.05, 4.69) is 40.9 Å². The minimum Gasteiger partial charge on any atom is -0.484 e. The third kappa shape index (κ3) is 4.33. The molecule has 1 saturated heterocycles. The van der Waals surface area contributed by atoms with Crippen molar-refractivity contribution in [2.24, 2.45) is 0 Å². The summed E-state index contributed by atoms with van der Waals surface area (Å²) in [7, 11) is 4.04. The molecule has 0 bridgehead atoms. The third-order valence-electron chi connectivity index (χ3n) is 5.26. The molecule has 5 heteroatoms. The van der Waals surface area contributed by atoms with Crippen molar-refractivity contribution in [3.05, 3.63) is 40.9 Å². The van der Waals surface area contributed by atoms with Gasteiger partial charge in [-0.15, -0.1) is 0 Å². The largest absolute Gasteiger partial charge is 0.484 e. The molecule has 134 valence electrons. The Balaban J connectivity index is 1.59. The Labute approximate surface area is 157 Å². The van der Waals surface area contributed by atoms with E-state index in [9.17, 15) is 4.79 Å². The topological polar surface area (TPSA) is 32.8 Å². The van der Waals surface area contributed by atoms with Gasteiger partial charge in [0.05, 0.1) is 0 Å². The number of likely N-dealkylation sites (tertiary alicyclic amines) is 1. The maximum Gasteiger partial charge on any atom is 0.260 e. The van der Waals surface area contributed by atoms with Crippen molar-refractivity contribution >= 4 is 32.6 Å². The molecule has 0 aliphatic carbocycles. The molecule has 0 N–H and O–H groups in total. The van der Waals surface area contributed by atoms with Crippen molar-refractivity contribution in [2.45, 2.75) is 31.8 Å². The fourth-order valence-electron chi connectivity index (χ4n) is 3.35. The summed E-state index contributed by atoms with van der Waals surface area (Å²) in [6.07, 6.45) is 2.04. The number of likely N-dealkylation sites (N-methyl/N-ethyl adjacent to an activating group) is 1. The van der Waals surface area contributed by atoms with Crippen molar-refractivity contribution in [2.75, 3.05) is 27.2 Å².